The molecule has 0 aliphatic rings. The van der Waals surface area contributed by atoms with Gasteiger partial charge in [0.1, 0.15) is 5.82 Å². The highest BCUT2D eigenvalue weighted by molar-refractivity contribution is 9.10. The molecule has 0 aliphatic carbocycles. The van der Waals surface area contributed by atoms with E-state index in [0.29, 0.717) is 34.4 Å². The van der Waals surface area contributed by atoms with Gasteiger partial charge in [0.15, 0.2) is 12.4 Å². The van der Waals surface area contributed by atoms with Gasteiger partial charge in [0.05, 0.1) is 27.2 Å². The van der Waals surface area contributed by atoms with Crippen molar-refractivity contribution in [1.82, 2.24) is 9.66 Å². The number of amides is 1. The van der Waals surface area contributed by atoms with Gasteiger partial charge < -0.3 is 10.1 Å². The van der Waals surface area contributed by atoms with Crippen LogP contribution < -0.4 is 15.6 Å². The Morgan fingerprint density at radius 1 is 1.14 bits per heavy atom. The number of halogens is 3. The van der Waals surface area contributed by atoms with Crippen molar-refractivity contribution in [3.8, 4) is 5.75 Å². The molecule has 0 aliphatic heterocycles. The van der Waals surface area contributed by atoms with Gasteiger partial charge in [0.25, 0.3) is 11.5 Å². The number of nitrogens with zero attached hydrogens (tertiary/aromatic N) is 3. The van der Waals surface area contributed by atoms with Crippen LogP contribution in [-0.4, -0.2) is 28.4 Å². The molecule has 3 aromatic carbocycles. The van der Waals surface area contributed by atoms with Gasteiger partial charge in [0.2, 0.25) is 0 Å². The summed E-state index contributed by atoms with van der Waals surface area (Å²) in [4.78, 5) is 29.8. The topological polar surface area (TPSA) is 85.6 Å². The van der Waals surface area contributed by atoms with Crippen molar-refractivity contribution in [2.24, 2.45) is 5.10 Å². The zero-order chi connectivity index (χ0) is 25.8. The van der Waals surface area contributed by atoms with Crippen LogP contribution in [0.3, 0.4) is 0 Å². The van der Waals surface area contributed by atoms with Gasteiger partial charge in [-0.1, -0.05) is 63.8 Å². The van der Waals surface area contributed by atoms with Gasteiger partial charge in [-0.15, -0.1) is 0 Å². The van der Waals surface area contributed by atoms with Gasteiger partial charge >= 0.3 is 0 Å². The summed E-state index contributed by atoms with van der Waals surface area (Å²) in [6, 6.07) is 15.9. The van der Waals surface area contributed by atoms with Crippen molar-refractivity contribution in [1.29, 1.82) is 0 Å². The fraction of sp³-hybridized carbons (Fsp3) is 0.154. The third-order valence-corrected chi connectivity index (χ3v) is 6.27. The summed E-state index contributed by atoms with van der Waals surface area (Å²) in [7, 11) is 0. The van der Waals surface area contributed by atoms with E-state index in [2.05, 4.69) is 31.3 Å². The minimum absolute atomic E-state index is 0.179. The number of fused-ring (bicyclic) bond motifs is 1. The Balaban J connectivity index is 1.52. The minimum atomic E-state index is -0.349. The number of hydrogen-bond acceptors (Lipinski definition) is 5. The van der Waals surface area contributed by atoms with Crippen LogP contribution in [0.5, 0.6) is 5.75 Å². The van der Waals surface area contributed by atoms with Crippen molar-refractivity contribution < 1.29 is 9.53 Å². The molecule has 0 saturated carbocycles. The number of benzene rings is 3. The first kappa shape index (κ1) is 25.9. The standard InChI is InChI=1S/C26H21BrCl2N4O3/c1-3-23-32-22-9-6-17(27)12-19(22)26(35)33(23)30-13-16-10-20(28)25(21(29)11-16)36-14-24(34)31-18-7-4-15(2)5-8-18/h4-13H,3,14H2,1-2H3,(H,31,34). The molecule has 0 saturated heterocycles. The predicted molar refractivity (Wildman–Crippen MR) is 148 cm³/mol. The maximum Gasteiger partial charge on any atom is 0.282 e. The maximum absolute atomic E-state index is 13.0. The predicted octanol–water partition coefficient (Wildman–Crippen LogP) is 6.24. The van der Waals surface area contributed by atoms with Crippen LogP contribution in [0.25, 0.3) is 10.9 Å². The number of carbonyl (C=O) groups is 1. The number of aryl methyl sites for hydroxylation is 2. The average molecular weight is 588 g/mol. The first-order valence-electron chi connectivity index (χ1n) is 11.0. The molecule has 0 radical (unpaired) electrons. The van der Waals surface area contributed by atoms with Gasteiger partial charge in [-0.3, -0.25) is 9.59 Å². The van der Waals surface area contributed by atoms with Gasteiger partial charge in [-0.25, -0.2) is 4.98 Å². The molecule has 0 fully saturated rings. The van der Waals surface area contributed by atoms with Gasteiger partial charge in [-0.05, 0) is 55.0 Å². The summed E-state index contributed by atoms with van der Waals surface area (Å²) in [6.07, 6.45) is 1.98. The van der Waals surface area contributed by atoms with Crippen LogP contribution in [0.4, 0.5) is 5.69 Å². The van der Waals surface area contributed by atoms with Crippen LogP contribution in [0.15, 0.2) is 69.0 Å². The fourth-order valence-electron chi connectivity index (χ4n) is 3.43. The Labute approximate surface area is 225 Å². The van der Waals surface area contributed by atoms with E-state index in [1.54, 1.807) is 36.4 Å². The van der Waals surface area contributed by atoms with Crippen molar-refractivity contribution in [2.75, 3.05) is 11.9 Å². The second kappa shape index (κ2) is 11.2. The highest BCUT2D eigenvalue weighted by atomic mass is 79.9. The van der Waals surface area contributed by atoms with Gasteiger partial charge in [0, 0.05) is 16.6 Å². The Bertz CT molecular complexity index is 1510. The third-order valence-electron chi connectivity index (χ3n) is 5.22. The van der Waals surface area contributed by atoms with Crippen molar-refractivity contribution in [3.63, 3.8) is 0 Å². The first-order chi connectivity index (χ1) is 17.2. The molecule has 1 heterocycles. The van der Waals surface area contributed by atoms with Crippen LogP contribution in [0.2, 0.25) is 10.0 Å². The van der Waals surface area contributed by atoms with E-state index in [1.165, 1.54) is 10.9 Å². The molecule has 4 rings (SSSR count). The number of carbonyl (C=O) groups excluding carboxylic acids is 1. The molecule has 1 amide bonds. The lowest BCUT2D eigenvalue weighted by atomic mass is 10.2. The molecule has 4 aromatic rings. The molecule has 7 nitrogen and oxygen atoms in total. The lowest BCUT2D eigenvalue weighted by Crippen LogP contribution is -2.22. The molecule has 36 heavy (non-hydrogen) atoms. The molecular weight excluding hydrogens is 567 g/mol. The highest BCUT2D eigenvalue weighted by Gasteiger charge is 2.13. The first-order valence-corrected chi connectivity index (χ1v) is 12.5. The smallest absolute Gasteiger partial charge is 0.282 e. The van der Waals surface area contributed by atoms with E-state index < -0.39 is 0 Å². The molecule has 1 N–H and O–H groups in total. The lowest BCUT2D eigenvalue weighted by molar-refractivity contribution is -0.118. The molecule has 184 valence electrons. The Morgan fingerprint density at radius 3 is 2.50 bits per heavy atom. The van der Waals surface area contributed by atoms with E-state index in [9.17, 15) is 9.59 Å². The van der Waals surface area contributed by atoms with Crippen molar-refractivity contribution >= 4 is 67.8 Å². The van der Waals surface area contributed by atoms with E-state index in [0.717, 1.165) is 10.0 Å². The van der Waals surface area contributed by atoms with E-state index in [-0.39, 0.29) is 33.9 Å². The number of rotatable bonds is 7. The van der Waals surface area contributed by atoms with Crippen molar-refractivity contribution in [3.05, 3.63) is 96.4 Å². The van der Waals surface area contributed by atoms with E-state index in [4.69, 9.17) is 27.9 Å². The normalized spacial score (nSPS) is 11.2. The average Bonchev–Trinajstić information content (AvgIpc) is 2.84. The highest BCUT2D eigenvalue weighted by Crippen LogP contribution is 2.34. The second-order valence-corrected chi connectivity index (χ2v) is 9.65. The number of nitrogens with one attached hydrogen (secondary N) is 1. The second-order valence-electron chi connectivity index (χ2n) is 7.92. The van der Waals surface area contributed by atoms with E-state index in [1.807, 2.05) is 32.0 Å². The fourth-order valence-corrected chi connectivity index (χ4v) is 4.40. The zero-order valence-electron chi connectivity index (χ0n) is 19.4. The summed E-state index contributed by atoms with van der Waals surface area (Å²) in [5.41, 5.74) is 2.61. The molecule has 0 spiro atoms. The van der Waals surface area contributed by atoms with Crippen LogP contribution in [0, 0.1) is 6.92 Å². The van der Waals surface area contributed by atoms with Gasteiger partial charge in [-0.2, -0.15) is 9.78 Å². The zero-order valence-corrected chi connectivity index (χ0v) is 22.5. The summed E-state index contributed by atoms with van der Waals surface area (Å²) >= 11 is 16.1. The Kier molecular flexibility index (Phi) is 8.08. The molecule has 1 aromatic heterocycles. The third kappa shape index (κ3) is 5.95. The summed E-state index contributed by atoms with van der Waals surface area (Å²) in [6.45, 7) is 3.59. The van der Waals surface area contributed by atoms with E-state index >= 15 is 0 Å². The number of aromatic nitrogens is 2. The Morgan fingerprint density at radius 2 is 1.83 bits per heavy atom. The largest absolute Gasteiger partial charge is 0.481 e. The van der Waals surface area contributed by atoms with Crippen LogP contribution >= 0.6 is 39.1 Å². The molecule has 0 unspecified atom stereocenters. The Hall–Kier alpha value is -3.20. The maximum atomic E-state index is 13.0. The minimum Gasteiger partial charge on any atom is -0.481 e. The summed E-state index contributed by atoms with van der Waals surface area (Å²) < 4.78 is 7.60. The summed E-state index contributed by atoms with van der Waals surface area (Å²) in [5.74, 6) is 0.347. The molecular formula is C26H21BrCl2N4O3. The van der Waals surface area contributed by atoms with Crippen LogP contribution in [-0.2, 0) is 11.2 Å². The monoisotopic (exact) mass is 586 g/mol. The quantitative estimate of drug-likeness (QED) is 0.259. The molecule has 0 bridgehead atoms. The number of hydrogen-bond donors (Lipinski definition) is 1. The number of ether oxygens (including phenoxy) is 1. The SMILES string of the molecule is CCc1nc2ccc(Br)cc2c(=O)n1N=Cc1cc(Cl)c(OCC(=O)Nc2ccc(C)cc2)c(Cl)c1. The number of anilines is 1. The van der Waals surface area contributed by atoms with Crippen molar-refractivity contribution in [2.45, 2.75) is 20.3 Å². The van der Waals surface area contributed by atoms with Crippen LogP contribution in [0.1, 0.15) is 23.9 Å². The summed E-state index contributed by atoms with van der Waals surface area (Å²) in [5, 5.41) is 7.95. The molecule has 10 heteroatoms. The molecule has 0 atom stereocenters. The lowest BCUT2D eigenvalue weighted by Gasteiger charge is -2.11.